The second-order valence-corrected chi connectivity index (χ2v) is 6.60. The Labute approximate surface area is 151 Å². The number of hydrogen-bond acceptors (Lipinski definition) is 4. The van der Waals surface area contributed by atoms with E-state index in [1.807, 2.05) is 49.1 Å². The molecule has 0 saturated carbocycles. The summed E-state index contributed by atoms with van der Waals surface area (Å²) in [5.41, 5.74) is 3.48. The number of rotatable bonds is 5. The predicted octanol–water partition coefficient (Wildman–Crippen LogP) is 2.56. The van der Waals surface area contributed by atoms with E-state index in [0.717, 1.165) is 29.9 Å². The van der Waals surface area contributed by atoms with Crippen LogP contribution in [0.3, 0.4) is 0 Å². The topological polar surface area (TPSA) is 66.8 Å². The van der Waals surface area contributed by atoms with Crippen LogP contribution in [-0.4, -0.2) is 31.7 Å². The fourth-order valence-corrected chi connectivity index (χ4v) is 2.94. The molecule has 0 saturated heterocycles. The molecule has 0 bridgehead atoms. The van der Waals surface area contributed by atoms with Crippen LogP contribution in [0.25, 0.3) is 11.4 Å². The van der Waals surface area contributed by atoms with E-state index in [9.17, 15) is 9.18 Å². The van der Waals surface area contributed by atoms with Crippen LogP contribution in [0, 0.1) is 19.7 Å². The number of aromatic amines is 1. The van der Waals surface area contributed by atoms with Gasteiger partial charge in [0.25, 0.3) is 5.56 Å². The first kappa shape index (κ1) is 18.0. The van der Waals surface area contributed by atoms with Crippen molar-refractivity contribution < 1.29 is 4.39 Å². The minimum atomic E-state index is -0.835. The molecule has 136 valence electrons. The molecule has 0 aliphatic heterocycles. The van der Waals surface area contributed by atoms with E-state index in [-0.39, 0.29) is 5.69 Å². The van der Waals surface area contributed by atoms with Crippen molar-refractivity contribution >= 4 is 0 Å². The zero-order valence-corrected chi connectivity index (χ0v) is 15.4. The van der Waals surface area contributed by atoms with Gasteiger partial charge in [-0.2, -0.15) is 9.49 Å². The second-order valence-electron chi connectivity index (χ2n) is 6.60. The summed E-state index contributed by atoms with van der Waals surface area (Å²) in [7, 11) is 3.98. The van der Waals surface area contributed by atoms with E-state index in [4.69, 9.17) is 0 Å². The third-order valence-electron chi connectivity index (χ3n) is 4.26. The minimum absolute atomic E-state index is 0.0967. The lowest BCUT2D eigenvalue weighted by atomic mass is 10.1. The van der Waals surface area contributed by atoms with E-state index in [0.29, 0.717) is 5.82 Å². The van der Waals surface area contributed by atoms with Gasteiger partial charge in [-0.15, -0.1) is 0 Å². The average Bonchev–Trinajstić information content (AvgIpc) is 2.90. The summed E-state index contributed by atoms with van der Waals surface area (Å²) < 4.78 is 15.3. The Morgan fingerprint density at radius 2 is 1.85 bits per heavy atom. The Balaban J connectivity index is 1.71. The highest BCUT2D eigenvalue weighted by molar-refractivity contribution is 5.55. The van der Waals surface area contributed by atoms with Crippen molar-refractivity contribution in [1.29, 1.82) is 0 Å². The Bertz CT molecular complexity index is 975. The number of halogens is 1. The predicted molar refractivity (Wildman–Crippen MR) is 98.1 cm³/mol. The van der Waals surface area contributed by atoms with Crippen LogP contribution in [-0.2, 0) is 20.1 Å². The Morgan fingerprint density at radius 1 is 1.15 bits per heavy atom. The van der Waals surface area contributed by atoms with Gasteiger partial charge in [-0.05, 0) is 26.5 Å². The van der Waals surface area contributed by atoms with Crippen molar-refractivity contribution in [1.82, 2.24) is 24.6 Å². The molecule has 0 amide bonds. The number of H-pyrrole nitrogens is 1. The molecule has 3 aromatic rings. The van der Waals surface area contributed by atoms with Crippen LogP contribution in [0.4, 0.5) is 4.39 Å². The van der Waals surface area contributed by atoms with Gasteiger partial charge in [0, 0.05) is 37.5 Å². The van der Waals surface area contributed by atoms with Crippen LogP contribution in [0.2, 0.25) is 0 Å². The molecule has 1 aromatic carbocycles. The lowest BCUT2D eigenvalue weighted by molar-refractivity contribution is 0.318. The van der Waals surface area contributed by atoms with Gasteiger partial charge in [0.15, 0.2) is 0 Å². The summed E-state index contributed by atoms with van der Waals surface area (Å²) in [5.74, 6) is -0.461. The smallest absolute Gasteiger partial charge is 0.287 e. The van der Waals surface area contributed by atoms with Crippen molar-refractivity contribution in [2.45, 2.75) is 26.9 Å². The highest BCUT2D eigenvalue weighted by Crippen LogP contribution is 2.17. The number of benzene rings is 1. The first-order chi connectivity index (χ1) is 12.3. The molecule has 0 fully saturated rings. The summed E-state index contributed by atoms with van der Waals surface area (Å²) in [6, 6.07) is 7.74. The van der Waals surface area contributed by atoms with Crippen LogP contribution < -0.4 is 5.56 Å². The number of hydrogen-bond donors (Lipinski definition) is 1. The highest BCUT2D eigenvalue weighted by atomic mass is 19.1. The van der Waals surface area contributed by atoms with E-state index in [1.54, 1.807) is 0 Å². The first-order valence-electron chi connectivity index (χ1n) is 8.37. The maximum Gasteiger partial charge on any atom is 0.287 e. The summed E-state index contributed by atoms with van der Waals surface area (Å²) in [6.45, 7) is 5.09. The molecule has 0 aliphatic carbocycles. The molecule has 26 heavy (non-hydrogen) atoms. The summed E-state index contributed by atoms with van der Waals surface area (Å²) in [4.78, 5) is 20.4. The summed E-state index contributed by atoms with van der Waals surface area (Å²) in [6.07, 6.45) is 2.04. The maximum absolute atomic E-state index is 13.4. The zero-order valence-electron chi connectivity index (χ0n) is 15.4. The van der Waals surface area contributed by atoms with Crippen molar-refractivity contribution in [3.8, 4) is 11.4 Å². The Hall–Kier alpha value is -2.80. The van der Waals surface area contributed by atoms with Crippen LogP contribution in [0.5, 0.6) is 0 Å². The normalized spacial score (nSPS) is 11.3. The monoisotopic (exact) mass is 355 g/mol. The maximum atomic E-state index is 13.4. The average molecular weight is 355 g/mol. The first-order valence-corrected chi connectivity index (χ1v) is 8.37. The van der Waals surface area contributed by atoms with Gasteiger partial charge >= 0.3 is 0 Å². The van der Waals surface area contributed by atoms with Gasteiger partial charge in [0.1, 0.15) is 5.82 Å². The van der Waals surface area contributed by atoms with Crippen molar-refractivity contribution in [2.75, 3.05) is 7.05 Å². The van der Waals surface area contributed by atoms with Gasteiger partial charge in [0.2, 0.25) is 5.82 Å². The second kappa shape index (κ2) is 7.21. The minimum Gasteiger partial charge on any atom is -0.304 e. The van der Waals surface area contributed by atoms with E-state index < -0.39 is 11.4 Å². The molecule has 0 unspecified atom stereocenters. The molecule has 1 N–H and O–H groups in total. The lowest BCUT2D eigenvalue weighted by Crippen LogP contribution is -2.17. The van der Waals surface area contributed by atoms with Crippen LogP contribution in [0.1, 0.15) is 22.5 Å². The molecule has 2 heterocycles. The fraction of sp³-hybridized carbons (Fsp3) is 0.316. The van der Waals surface area contributed by atoms with Gasteiger partial charge in [-0.3, -0.25) is 14.4 Å². The quantitative estimate of drug-likeness (QED) is 0.764. The Kier molecular flexibility index (Phi) is 4.99. The van der Waals surface area contributed by atoms with Gasteiger partial charge in [0.05, 0.1) is 11.4 Å². The third-order valence-corrected chi connectivity index (χ3v) is 4.26. The molecule has 0 radical (unpaired) electrons. The fourth-order valence-electron chi connectivity index (χ4n) is 2.94. The largest absolute Gasteiger partial charge is 0.304 e. The number of nitrogens with zero attached hydrogens (tertiary/aromatic N) is 4. The lowest BCUT2D eigenvalue weighted by Gasteiger charge is -2.16. The molecule has 3 rings (SSSR count). The third kappa shape index (κ3) is 3.88. The zero-order chi connectivity index (χ0) is 18.8. The van der Waals surface area contributed by atoms with Crippen LogP contribution in [0.15, 0.2) is 35.3 Å². The SMILES string of the molecule is Cc1nn(C)cc1CN(C)Cc1ccc(-c2nc(C)c(F)c(=O)[nH]2)cc1. The number of aromatic nitrogens is 4. The Morgan fingerprint density at radius 3 is 2.42 bits per heavy atom. The van der Waals surface area contributed by atoms with Crippen molar-refractivity contribution in [3.63, 3.8) is 0 Å². The van der Waals surface area contributed by atoms with E-state index in [1.165, 1.54) is 12.5 Å². The standard InChI is InChI=1S/C19H22FN5O/c1-12-16(11-25(4)23-12)10-24(3)9-14-5-7-15(8-6-14)18-21-13(2)17(20)19(26)22-18/h5-8,11H,9-10H2,1-4H3,(H,21,22,26). The summed E-state index contributed by atoms with van der Waals surface area (Å²) in [5, 5.41) is 4.36. The molecule has 7 heteroatoms. The summed E-state index contributed by atoms with van der Waals surface area (Å²) >= 11 is 0. The van der Waals surface area contributed by atoms with Crippen molar-refractivity contribution in [3.05, 3.63) is 69.1 Å². The molecular formula is C19H22FN5O. The molecule has 2 aromatic heterocycles. The van der Waals surface area contributed by atoms with E-state index in [2.05, 4.69) is 27.0 Å². The van der Waals surface area contributed by atoms with Crippen LogP contribution >= 0.6 is 0 Å². The van der Waals surface area contributed by atoms with Gasteiger partial charge in [-0.1, -0.05) is 24.3 Å². The molecule has 6 nitrogen and oxygen atoms in total. The molecule has 0 spiro atoms. The molecule has 0 atom stereocenters. The van der Waals surface area contributed by atoms with Crippen molar-refractivity contribution in [2.24, 2.45) is 7.05 Å². The molecule has 0 aliphatic rings. The van der Waals surface area contributed by atoms with Gasteiger partial charge < -0.3 is 4.98 Å². The van der Waals surface area contributed by atoms with E-state index >= 15 is 0 Å². The molecular weight excluding hydrogens is 333 g/mol. The number of aryl methyl sites for hydroxylation is 3. The highest BCUT2D eigenvalue weighted by Gasteiger charge is 2.10. The van der Waals surface area contributed by atoms with Gasteiger partial charge in [-0.25, -0.2) is 4.98 Å². The number of nitrogens with one attached hydrogen (secondary N) is 1.